The molecule has 1 aromatic carbocycles. The number of aliphatic carboxylic acids is 1. The lowest BCUT2D eigenvalue weighted by atomic mass is 10.0. The van der Waals surface area contributed by atoms with Crippen molar-refractivity contribution in [2.24, 2.45) is 0 Å². The lowest BCUT2D eigenvalue weighted by Gasteiger charge is -2.33. The van der Waals surface area contributed by atoms with Gasteiger partial charge in [-0.25, -0.2) is 4.79 Å². The van der Waals surface area contributed by atoms with Crippen molar-refractivity contribution in [3.8, 4) is 0 Å². The number of fused-ring (bicyclic) bond motifs is 1. The van der Waals surface area contributed by atoms with Gasteiger partial charge in [0.15, 0.2) is 0 Å². The Morgan fingerprint density at radius 1 is 1.24 bits per heavy atom. The Hall–Kier alpha value is -3.39. The molecule has 0 radical (unpaired) electrons. The minimum absolute atomic E-state index is 0.0464. The van der Waals surface area contributed by atoms with E-state index in [-0.39, 0.29) is 30.3 Å². The number of carbonyl (C=O) groups is 3. The van der Waals surface area contributed by atoms with E-state index < -0.39 is 17.9 Å². The minimum atomic E-state index is -1.12. The average Bonchev–Trinajstić information content (AvgIpc) is 3.33. The van der Waals surface area contributed by atoms with E-state index in [0.29, 0.717) is 24.4 Å². The van der Waals surface area contributed by atoms with Crippen LogP contribution in [0.25, 0.3) is 5.57 Å². The van der Waals surface area contributed by atoms with Crippen LogP contribution < -0.4 is 5.32 Å². The van der Waals surface area contributed by atoms with E-state index in [4.69, 9.17) is 16.7 Å². The van der Waals surface area contributed by atoms with Crippen molar-refractivity contribution in [2.75, 3.05) is 13.1 Å². The Balaban J connectivity index is 1.50. The lowest BCUT2D eigenvalue weighted by Crippen LogP contribution is -2.51. The van der Waals surface area contributed by atoms with Gasteiger partial charge in [0.05, 0.1) is 23.7 Å². The molecule has 3 unspecified atom stereocenters. The standard InChI is InChI=1S/C28H33ClN4O4/c1-2-3-5-10-22-17-32(18-26(34)30-24(28(36)37)15-19-8-6-4-7-9-19)27(35)25-16-23(31-33(22)25)20-11-13-21(29)14-12-20/h4,6-9,11-13,16,21-22,24H,2-3,5,10,14-15,17-18H2,1H3,(H,30,34)(H,36,37). The molecule has 9 heteroatoms. The fraction of sp³-hybridized carbons (Fsp3) is 0.429. The number of rotatable bonds is 11. The second kappa shape index (κ2) is 12.2. The zero-order valence-electron chi connectivity index (χ0n) is 21.0. The van der Waals surface area contributed by atoms with Gasteiger partial charge in [-0.15, -0.1) is 11.6 Å². The second-order valence-electron chi connectivity index (χ2n) is 9.61. The van der Waals surface area contributed by atoms with Crippen LogP contribution in [-0.4, -0.2) is 62.1 Å². The van der Waals surface area contributed by atoms with Gasteiger partial charge in [-0.3, -0.25) is 14.3 Å². The lowest BCUT2D eigenvalue weighted by molar-refractivity contribution is -0.141. The number of aromatic nitrogens is 2. The Morgan fingerprint density at radius 2 is 2.03 bits per heavy atom. The van der Waals surface area contributed by atoms with Crippen molar-refractivity contribution in [3.63, 3.8) is 0 Å². The predicted octanol–water partition coefficient (Wildman–Crippen LogP) is 4.22. The van der Waals surface area contributed by atoms with Crippen LogP contribution in [0.3, 0.4) is 0 Å². The predicted molar refractivity (Wildman–Crippen MR) is 142 cm³/mol. The summed E-state index contributed by atoms with van der Waals surface area (Å²) in [7, 11) is 0. The number of nitrogens with one attached hydrogen (secondary N) is 1. The Morgan fingerprint density at radius 3 is 2.70 bits per heavy atom. The second-order valence-corrected chi connectivity index (χ2v) is 10.2. The Bertz CT molecular complexity index is 1190. The maximum atomic E-state index is 13.4. The molecule has 3 atom stereocenters. The number of amides is 2. The first-order valence-corrected chi connectivity index (χ1v) is 13.3. The van der Waals surface area contributed by atoms with Crippen LogP contribution in [0.2, 0.25) is 0 Å². The maximum absolute atomic E-state index is 13.4. The van der Waals surface area contributed by atoms with Gasteiger partial charge < -0.3 is 15.3 Å². The monoisotopic (exact) mass is 524 g/mol. The van der Waals surface area contributed by atoms with Gasteiger partial charge in [0, 0.05) is 13.0 Å². The number of allylic oxidation sites excluding steroid dienone is 4. The summed E-state index contributed by atoms with van der Waals surface area (Å²) in [5.74, 6) is -1.90. The SMILES string of the molecule is CCCCCC1CN(CC(=O)NC(Cc2ccccc2)C(=O)O)C(=O)c2cc(C3=CCC(Cl)C=C3)nn21. The highest BCUT2D eigenvalue weighted by atomic mass is 35.5. The molecule has 1 aliphatic carbocycles. The molecule has 2 aromatic rings. The summed E-state index contributed by atoms with van der Waals surface area (Å²) in [6.45, 7) is 2.27. The van der Waals surface area contributed by atoms with E-state index >= 15 is 0 Å². The van der Waals surface area contributed by atoms with E-state index in [1.165, 1.54) is 4.90 Å². The molecule has 4 rings (SSSR count). The molecule has 2 N–H and O–H groups in total. The molecular formula is C28H33ClN4O4. The van der Waals surface area contributed by atoms with Gasteiger partial charge in [-0.2, -0.15) is 5.10 Å². The number of nitrogens with zero attached hydrogens (tertiary/aromatic N) is 3. The summed E-state index contributed by atoms with van der Waals surface area (Å²) in [5, 5.41) is 17.0. The van der Waals surface area contributed by atoms with Crippen LogP contribution in [0.5, 0.6) is 0 Å². The van der Waals surface area contributed by atoms with E-state index in [1.807, 2.05) is 48.6 Å². The van der Waals surface area contributed by atoms with E-state index in [1.54, 1.807) is 10.7 Å². The van der Waals surface area contributed by atoms with Gasteiger partial charge in [0.2, 0.25) is 5.91 Å². The summed E-state index contributed by atoms with van der Waals surface area (Å²) < 4.78 is 1.80. The number of carbonyl (C=O) groups excluding carboxylic acids is 2. The van der Waals surface area contributed by atoms with Gasteiger partial charge in [-0.05, 0) is 30.0 Å². The fourth-order valence-corrected chi connectivity index (χ4v) is 4.94. The molecule has 0 saturated heterocycles. The van der Waals surface area contributed by atoms with Crippen LogP contribution in [0.1, 0.15) is 66.8 Å². The van der Waals surface area contributed by atoms with Gasteiger partial charge in [0.1, 0.15) is 11.7 Å². The number of unbranched alkanes of at least 4 members (excludes halogenated alkanes) is 2. The zero-order chi connectivity index (χ0) is 26.4. The molecule has 0 bridgehead atoms. The fourth-order valence-electron chi connectivity index (χ4n) is 4.78. The molecule has 2 aliphatic rings. The molecule has 2 amide bonds. The van der Waals surface area contributed by atoms with Gasteiger partial charge in [0.25, 0.3) is 5.91 Å². The minimum Gasteiger partial charge on any atom is -0.480 e. The number of carboxylic acid groups (broad SMARTS) is 1. The molecule has 0 saturated carbocycles. The van der Waals surface area contributed by atoms with Crippen molar-refractivity contribution in [1.29, 1.82) is 0 Å². The molecule has 0 fully saturated rings. The smallest absolute Gasteiger partial charge is 0.326 e. The van der Waals surface area contributed by atoms with Crippen molar-refractivity contribution >= 4 is 35.0 Å². The highest BCUT2D eigenvalue weighted by Gasteiger charge is 2.34. The molecule has 2 heterocycles. The number of halogens is 1. The summed E-state index contributed by atoms with van der Waals surface area (Å²) >= 11 is 6.16. The number of hydrogen-bond donors (Lipinski definition) is 2. The number of benzene rings is 1. The zero-order valence-corrected chi connectivity index (χ0v) is 21.7. The van der Waals surface area contributed by atoms with Crippen LogP contribution in [0.15, 0.2) is 54.6 Å². The van der Waals surface area contributed by atoms with Crippen LogP contribution in [0.4, 0.5) is 0 Å². The molecule has 8 nitrogen and oxygen atoms in total. The molecule has 1 aromatic heterocycles. The Labute approximate surface area is 222 Å². The quantitative estimate of drug-likeness (QED) is 0.338. The number of hydrogen-bond acceptors (Lipinski definition) is 4. The van der Waals surface area contributed by atoms with Crippen molar-refractivity contribution in [1.82, 2.24) is 20.0 Å². The van der Waals surface area contributed by atoms with E-state index in [0.717, 1.165) is 36.8 Å². The van der Waals surface area contributed by atoms with Crippen molar-refractivity contribution in [2.45, 2.75) is 62.9 Å². The molecule has 196 valence electrons. The largest absolute Gasteiger partial charge is 0.480 e. The Kier molecular flexibility index (Phi) is 8.82. The highest BCUT2D eigenvalue weighted by Crippen LogP contribution is 2.30. The number of carboxylic acids is 1. The summed E-state index contributed by atoms with van der Waals surface area (Å²) in [6.07, 6.45) is 10.7. The van der Waals surface area contributed by atoms with Crippen LogP contribution in [0, 0.1) is 0 Å². The summed E-state index contributed by atoms with van der Waals surface area (Å²) in [5.41, 5.74) is 2.89. The van der Waals surface area contributed by atoms with Gasteiger partial charge in [-0.1, -0.05) is 74.7 Å². The van der Waals surface area contributed by atoms with E-state index in [9.17, 15) is 19.5 Å². The van der Waals surface area contributed by atoms with E-state index in [2.05, 4.69) is 12.2 Å². The first-order chi connectivity index (χ1) is 17.9. The first kappa shape index (κ1) is 26.7. The third-order valence-electron chi connectivity index (χ3n) is 6.75. The highest BCUT2D eigenvalue weighted by molar-refractivity contribution is 6.22. The molecule has 1 aliphatic heterocycles. The third-order valence-corrected chi connectivity index (χ3v) is 7.08. The topological polar surface area (TPSA) is 105 Å². The number of alkyl halides is 1. The maximum Gasteiger partial charge on any atom is 0.326 e. The van der Waals surface area contributed by atoms with Crippen LogP contribution >= 0.6 is 11.6 Å². The molecular weight excluding hydrogens is 492 g/mol. The average molecular weight is 525 g/mol. The van der Waals surface area contributed by atoms with Gasteiger partial charge >= 0.3 is 5.97 Å². The van der Waals surface area contributed by atoms with Crippen molar-refractivity contribution < 1.29 is 19.5 Å². The van der Waals surface area contributed by atoms with Crippen LogP contribution in [-0.2, 0) is 16.0 Å². The molecule has 0 spiro atoms. The first-order valence-electron chi connectivity index (χ1n) is 12.8. The van der Waals surface area contributed by atoms with Crippen molar-refractivity contribution in [3.05, 3.63) is 71.6 Å². The summed E-state index contributed by atoms with van der Waals surface area (Å²) in [6, 6.07) is 9.78. The normalized spacial score (nSPS) is 19.8. The summed E-state index contributed by atoms with van der Waals surface area (Å²) in [4.78, 5) is 39.6. The molecule has 37 heavy (non-hydrogen) atoms. The third kappa shape index (κ3) is 6.68.